The van der Waals surface area contributed by atoms with E-state index in [2.05, 4.69) is 9.97 Å². The van der Waals surface area contributed by atoms with Crippen LogP contribution in [0.3, 0.4) is 0 Å². The molecule has 9 heteroatoms. The summed E-state index contributed by atoms with van der Waals surface area (Å²) in [6.45, 7) is 2.56. The Labute approximate surface area is 143 Å². The van der Waals surface area contributed by atoms with Crippen molar-refractivity contribution in [2.75, 3.05) is 63.2 Å². The van der Waals surface area contributed by atoms with E-state index >= 15 is 0 Å². The van der Waals surface area contributed by atoms with Crippen molar-refractivity contribution in [3.05, 3.63) is 18.5 Å². The van der Waals surface area contributed by atoms with E-state index in [1.165, 1.54) is 0 Å². The highest BCUT2D eigenvalue weighted by Gasteiger charge is 2.23. The lowest BCUT2D eigenvalue weighted by Crippen LogP contribution is -2.46. The summed E-state index contributed by atoms with van der Waals surface area (Å²) >= 11 is 0. The zero-order valence-electron chi connectivity index (χ0n) is 14.3. The molecule has 0 bridgehead atoms. The number of aromatic nitrogens is 2. The summed E-state index contributed by atoms with van der Waals surface area (Å²) in [5, 5.41) is 0. The Morgan fingerprint density at radius 2 is 1.79 bits per heavy atom. The summed E-state index contributed by atoms with van der Waals surface area (Å²) in [6, 6.07) is 1.77. The molecule has 0 atom stereocenters. The molecular weight excluding hydrogens is 330 g/mol. The molecule has 0 radical (unpaired) electrons. The van der Waals surface area contributed by atoms with Crippen molar-refractivity contribution >= 4 is 21.7 Å². The Kier molecular flexibility index (Phi) is 6.50. The topological polar surface area (TPSA) is 86.7 Å². The van der Waals surface area contributed by atoms with Crippen molar-refractivity contribution in [2.45, 2.75) is 6.42 Å². The quantitative estimate of drug-likeness (QED) is 0.651. The lowest BCUT2D eigenvalue weighted by atomic mass is 10.3. The van der Waals surface area contributed by atoms with E-state index in [-0.39, 0.29) is 24.0 Å². The van der Waals surface area contributed by atoms with Gasteiger partial charge in [-0.05, 0) is 12.5 Å². The molecule has 2 rings (SSSR count). The number of rotatable bonds is 7. The first-order valence-electron chi connectivity index (χ1n) is 8.02. The molecule has 0 N–H and O–H groups in total. The fourth-order valence-electron chi connectivity index (χ4n) is 2.48. The van der Waals surface area contributed by atoms with Crippen molar-refractivity contribution in [3.63, 3.8) is 0 Å². The van der Waals surface area contributed by atoms with Crippen LogP contribution in [0, 0.1) is 0 Å². The summed E-state index contributed by atoms with van der Waals surface area (Å²) in [5.41, 5.74) is 0. The highest BCUT2D eigenvalue weighted by Crippen LogP contribution is 2.05. The molecule has 0 spiro atoms. The zero-order valence-corrected chi connectivity index (χ0v) is 15.1. The second-order valence-electron chi connectivity index (χ2n) is 6.07. The smallest absolute Gasteiger partial charge is 0.236 e. The number of anilines is 1. The highest BCUT2D eigenvalue weighted by atomic mass is 32.2. The average molecular weight is 355 g/mol. The minimum Gasteiger partial charge on any atom is -0.345 e. The Morgan fingerprint density at radius 1 is 1.17 bits per heavy atom. The second kappa shape index (κ2) is 8.39. The third-order valence-corrected chi connectivity index (χ3v) is 5.71. The van der Waals surface area contributed by atoms with E-state index < -0.39 is 9.84 Å². The first-order chi connectivity index (χ1) is 11.4. The summed E-state index contributed by atoms with van der Waals surface area (Å²) in [7, 11) is 0.796. The summed E-state index contributed by atoms with van der Waals surface area (Å²) in [4.78, 5) is 26.1. The maximum Gasteiger partial charge on any atom is 0.236 e. The normalized spacial score (nSPS) is 17.4. The number of likely N-dealkylation sites (N-methyl/N-ethyl adjacent to an activating group) is 1. The second-order valence-corrected chi connectivity index (χ2v) is 8.37. The van der Waals surface area contributed by atoms with Gasteiger partial charge in [-0.15, -0.1) is 0 Å². The molecular formula is C15H25N5O3S. The van der Waals surface area contributed by atoms with Crippen LogP contribution in [0.5, 0.6) is 0 Å². The highest BCUT2D eigenvalue weighted by molar-refractivity contribution is 7.91. The molecule has 0 saturated carbocycles. The Balaban J connectivity index is 1.68. The molecule has 8 nitrogen and oxygen atoms in total. The molecule has 1 aromatic heterocycles. The third-order valence-electron chi connectivity index (χ3n) is 4.10. The van der Waals surface area contributed by atoms with Gasteiger partial charge in [-0.25, -0.2) is 18.4 Å². The predicted molar refractivity (Wildman–Crippen MR) is 92.6 cm³/mol. The Bertz CT molecular complexity index is 624. The number of amides is 1. The maximum absolute atomic E-state index is 12.2. The van der Waals surface area contributed by atoms with E-state index in [0.717, 1.165) is 13.0 Å². The van der Waals surface area contributed by atoms with Crippen molar-refractivity contribution < 1.29 is 13.2 Å². The Hall–Kier alpha value is -1.74. The molecule has 1 aliphatic heterocycles. The molecule has 134 valence electrons. The van der Waals surface area contributed by atoms with Gasteiger partial charge in [-0.2, -0.15) is 0 Å². The molecule has 1 amide bonds. The van der Waals surface area contributed by atoms with Crippen LogP contribution in [0.2, 0.25) is 0 Å². The van der Waals surface area contributed by atoms with Gasteiger partial charge in [0.25, 0.3) is 0 Å². The van der Waals surface area contributed by atoms with E-state index in [4.69, 9.17) is 0 Å². The average Bonchev–Trinajstić information content (AvgIpc) is 2.57. The lowest BCUT2D eigenvalue weighted by molar-refractivity contribution is -0.131. The molecule has 1 aromatic rings. The SMILES string of the molecule is CN(CCCN(C)c1ncccn1)C(=O)CN1CCS(=O)(=O)CC1. The van der Waals surface area contributed by atoms with Crippen LogP contribution in [-0.2, 0) is 14.6 Å². The van der Waals surface area contributed by atoms with Gasteiger partial charge in [0, 0.05) is 52.7 Å². The van der Waals surface area contributed by atoms with E-state index in [9.17, 15) is 13.2 Å². The van der Waals surface area contributed by atoms with Crippen LogP contribution < -0.4 is 4.90 Å². The van der Waals surface area contributed by atoms with Gasteiger partial charge in [0.05, 0.1) is 18.1 Å². The van der Waals surface area contributed by atoms with Gasteiger partial charge in [0.15, 0.2) is 9.84 Å². The van der Waals surface area contributed by atoms with Crippen molar-refractivity contribution in [3.8, 4) is 0 Å². The Morgan fingerprint density at radius 3 is 2.42 bits per heavy atom. The van der Waals surface area contributed by atoms with Gasteiger partial charge in [0.2, 0.25) is 11.9 Å². The largest absolute Gasteiger partial charge is 0.345 e. The van der Waals surface area contributed by atoms with Crippen molar-refractivity contribution in [2.24, 2.45) is 0 Å². The van der Waals surface area contributed by atoms with E-state index in [1.807, 2.05) is 16.8 Å². The van der Waals surface area contributed by atoms with Gasteiger partial charge in [0.1, 0.15) is 0 Å². The predicted octanol–water partition coefficient (Wildman–Crippen LogP) is -0.508. The summed E-state index contributed by atoms with van der Waals surface area (Å²) in [6.07, 6.45) is 4.21. The molecule has 1 fully saturated rings. The maximum atomic E-state index is 12.2. The first-order valence-corrected chi connectivity index (χ1v) is 9.84. The molecule has 0 aromatic carbocycles. The van der Waals surface area contributed by atoms with Crippen molar-refractivity contribution in [1.29, 1.82) is 0 Å². The standard InChI is InChI=1S/C15H25N5O3S/c1-18(7-4-8-19(2)15-16-5-3-6-17-15)14(21)13-20-9-11-24(22,23)12-10-20/h3,5-6H,4,7-13H2,1-2H3. The molecule has 1 saturated heterocycles. The van der Waals surface area contributed by atoms with Crippen molar-refractivity contribution in [1.82, 2.24) is 19.8 Å². The minimum atomic E-state index is -2.91. The number of nitrogens with zero attached hydrogens (tertiary/aromatic N) is 5. The molecule has 2 heterocycles. The fraction of sp³-hybridized carbons (Fsp3) is 0.667. The number of carbonyl (C=O) groups is 1. The van der Waals surface area contributed by atoms with Crippen LogP contribution in [0.15, 0.2) is 18.5 Å². The fourth-order valence-corrected chi connectivity index (χ4v) is 3.76. The first kappa shape index (κ1) is 18.6. The molecule has 24 heavy (non-hydrogen) atoms. The van der Waals surface area contributed by atoms with Crippen LogP contribution in [0.4, 0.5) is 5.95 Å². The van der Waals surface area contributed by atoms with Crippen LogP contribution in [0.25, 0.3) is 0 Å². The number of hydrogen-bond donors (Lipinski definition) is 0. The number of sulfone groups is 1. The zero-order chi connectivity index (χ0) is 17.6. The van der Waals surface area contributed by atoms with Gasteiger partial charge >= 0.3 is 0 Å². The molecule has 1 aliphatic rings. The number of hydrogen-bond acceptors (Lipinski definition) is 7. The van der Waals surface area contributed by atoms with Crippen LogP contribution >= 0.6 is 0 Å². The van der Waals surface area contributed by atoms with Crippen LogP contribution in [0.1, 0.15) is 6.42 Å². The minimum absolute atomic E-state index is 0.0212. The monoisotopic (exact) mass is 355 g/mol. The van der Waals surface area contributed by atoms with Crippen LogP contribution in [-0.4, -0.2) is 92.4 Å². The van der Waals surface area contributed by atoms with Gasteiger partial charge in [-0.1, -0.05) is 0 Å². The molecule has 0 aliphatic carbocycles. The van der Waals surface area contributed by atoms with Gasteiger partial charge in [-0.3, -0.25) is 9.69 Å². The van der Waals surface area contributed by atoms with Gasteiger partial charge < -0.3 is 9.80 Å². The summed E-state index contributed by atoms with van der Waals surface area (Å²) < 4.78 is 22.8. The summed E-state index contributed by atoms with van der Waals surface area (Å²) in [5.74, 6) is 0.978. The lowest BCUT2D eigenvalue weighted by Gasteiger charge is -2.28. The van der Waals surface area contributed by atoms with E-state index in [0.29, 0.717) is 25.6 Å². The third kappa shape index (κ3) is 5.72. The number of carbonyl (C=O) groups excluding carboxylic acids is 1. The molecule has 0 unspecified atom stereocenters. The van der Waals surface area contributed by atoms with E-state index in [1.54, 1.807) is 30.4 Å².